The Morgan fingerprint density at radius 1 is 1.44 bits per heavy atom. The zero-order valence-electron chi connectivity index (χ0n) is 11.2. The molecule has 2 rings (SSSR count). The Morgan fingerprint density at radius 2 is 2.11 bits per heavy atom. The first-order valence-electron chi connectivity index (χ1n) is 6.75. The SMILES string of the molecule is CC(C)CN(c1ncc(N)cc1Br)C1CCCC1. The van der Waals surface area contributed by atoms with Gasteiger partial charge in [-0.3, -0.25) is 0 Å². The Morgan fingerprint density at radius 3 is 2.67 bits per heavy atom. The maximum Gasteiger partial charge on any atom is 0.143 e. The fraction of sp³-hybridized carbons (Fsp3) is 0.643. The molecule has 0 saturated heterocycles. The molecule has 1 saturated carbocycles. The van der Waals surface area contributed by atoms with Crippen LogP contribution in [0.15, 0.2) is 16.7 Å². The van der Waals surface area contributed by atoms with Crippen LogP contribution in [0.2, 0.25) is 0 Å². The molecule has 0 bridgehead atoms. The second-order valence-electron chi connectivity index (χ2n) is 5.56. The monoisotopic (exact) mass is 311 g/mol. The van der Waals surface area contributed by atoms with Crippen LogP contribution in [0.1, 0.15) is 39.5 Å². The summed E-state index contributed by atoms with van der Waals surface area (Å²) in [6, 6.07) is 2.59. The zero-order chi connectivity index (χ0) is 13.1. The van der Waals surface area contributed by atoms with E-state index in [0.29, 0.717) is 17.6 Å². The summed E-state index contributed by atoms with van der Waals surface area (Å²) in [5.41, 5.74) is 6.48. The molecule has 1 aromatic rings. The lowest BCUT2D eigenvalue weighted by Gasteiger charge is -2.32. The predicted molar refractivity (Wildman–Crippen MR) is 80.8 cm³/mol. The van der Waals surface area contributed by atoms with Crippen molar-refractivity contribution in [2.45, 2.75) is 45.6 Å². The first-order valence-corrected chi connectivity index (χ1v) is 7.55. The van der Waals surface area contributed by atoms with E-state index in [0.717, 1.165) is 16.8 Å². The van der Waals surface area contributed by atoms with Gasteiger partial charge in [0, 0.05) is 12.6 Å². The highest BCUT2D eigenvalue weighted by Gasteiger charge is 2.25. The summed E-state index contributed by atoms with van der Waals surface area (Å²) in [4.78, 5) is 6.99. The molecule has 0 aliphatic heterocycles. The van der Waals surface area contributed by atoms with Gasteiger partial charge in [-0.2, -0.15) is 0 Å². The van der Waals surface area contributed by atoms with E-state index in [-0.39, 0.29) is 0 Å². The number of aromatic nitrogens is 1. The van der Waals surface area contributed by atoms with Crippen molar-refractivity contribution < 1.29 is 0 Å². The van der Waals surface area contributed by atoms with Gasteiger partial charge in [-0.05, 0) is 40.8 Å². The Hall–Kier alpha value is -0.770. The number of pyridine rings is 1. The van der Waals surface area contributed by atoms with Gasteiger partial charge in [-0.25, -0.2) is 4.98 Å². The highest BCUT2D eigenvalue weighted by atomic mass is 79.9. The smallest absolute Gasteiger partial charge is 0.143 e. The van der Waals surface area contributed by atoms with Gasteiger partial charge < -0.3 is 10.6 Å². The van der Waals surface area contributed by atoms with Crippen molar-refractivity contribution in [1.29, 1.82) is 0 Å². The first-order chi connectivity index (χ1) is 8.58. The van der Waals surface area contributed by atoms with Gasteiger partial charge in [0.2, 0.25) is 0 Å². The third kappa shape index (κ3) is 3.16. The minimum absolute atomic E-state index is 0.636. The molecule has 2 N–H and O–H groups in total. The summed E-state index contributed by atoms with van der Waals surface area (Å²) < 4.78 is 1.01. The van der Waals surface area contributed by atoms with Gasteiger partial charge in [0.1, 0.15) is 5.82 Å². The highest BCUT2D eigenvalue weighted by molar-refractivity contribution is 9.10. The number of nitrogens with two attached hydrogens (primary N) is 1. The molecule has 1 heterocycles. The summed E-state index contributed by atoms with van der Waals surface area (Å²) in [7, 11) is 0. The maximum atomic E-state index is 5.77. The number of halogens is 1. The van der Waals surface area contributed by atoms with Crippen molar-refractivity contribution in [3.8, 4) is 0 Å². The minimum Gasteiger partial charge on any atom is -0.397 e. The van der Waals surface area contributed by atoms with Crippen LogP contribution in [0.5, 0.6) is 0 Å². The third-order valence-corrected chi connectivity index (χ3v) is 4.03. The van der Waals surface area contributed by atoms with E-state index in [1.165, 1.54) is 25.7 Å². The van der Waals surface area contributed by atoms with Crippen LogP contribution >= 0.6 is 15.9 Å². The molecule has 3 nitrogen and oxygen atoms in total. The summed E-state index contributed by atoms with van der Waals surface area (Å²) >= 11 is 3.60. The number of hydrogen-bond donors (Lipinski definition) is 1. The molecule has 0 radical (unpaired) electrons. The summed E-state index contributed by atoms with van der Waals surface area (Å²) in [5, 5.41) is 0. The molecule has 1 fully saturated rings. The Balaban J connectivity index is 2.26. The van der Waals surface area contributed by atoms with Gasteiger partial charge >= 0.3 is 0 Å². The Kier molecular flexibility index (Phi) is 4.49. The Bertz CT molecular complexity index is 400. The lowest BCUT2D eigenvalue weighted by molar-refractivity contribution is 0.530. The molecule has 100 valence electrons. The largest absolute Gasteiger partial charge is 0.397 e. The highest BCUT2D eigenvalue weighted by Crippen LogP contribution is 2.32. The van der Waals surface area contributed by atoms with Crippen molar-refractivity contribution in [3.63, 3.8) is 0 Å². The summed E-state index contributed by atoms with van der Waals surface area (Å²) in [6.07, 6.45) is 7.00. The van der Waals surface area contributed by atoms with Gasteiger partial charge in [-0.1, -0.05) is 26.7 Å². The first kappa shape index (κ1) is 13.7. The number of rotatable bonds is 4. The van der Waals surface area contributed by atoms with E-state index in [1.807, 2.05) is 6.07 Å². The van der Waals surface area contributed by atoms with Crippen molar-refractivity contribution in [1.82, 2.24) is 4.98 Å². The van der Waals surface area contributed by atoms with Crippen LogP contribution in [0.4, 0.5) is 11.5 Å². The van der Waals surface area contributed by atoms with E-state index in [1.54, 1.807) is 6.20 Å². The average molecular weight is 312 g/mol. The third-order valence-electron chi connectivity index (χ3n) is 3.44. The lowest BCUT2D eigenvalue weighted by atomic mass is 10.1. The van der Waals surface area contributed by atoms with E-state index in [4.69, 9.17) is 5.73 Å². The maximum absolute atomic E-state index is 5.77. The summed E-state index contributed by atoms with van der Waals surface area (Å²) in [5.74, 6) is 1.68. The standard InChI is InChI=1S/C14H22BrN3/c1-10(2)9-18(12-5-3-4-6-12)14-13(15)7-11(16)8-17-14/h7-8,10,12H,3-6,9,16H2,1-2H3. The molecule has 0 aromatic carbocycles. The van der Waals surface area contributed by atoms with Crippen LogP contribution < -0.4 is 10.6 Å². The van der Waals surface area contributed by atoms with Gasteiger partial charge in [0.25, 0.3) is 0 Å². The topological polar surface area (TPSA) is 42.2 Å². The molecule has 0 unspecified atom stereocenters. The second kappa shape index (κ2) is 5.91. The zero-order valence-corrected chi connectivity index (χ0v) is 12.8. The molecule has 0 amide bonds. The molecule has 4 heteroatoms. The molecule has 1 aromatic heterocycles. The van der Waals surface area contributed by atoms with Crippen molar-refractivity contribution in [2.75, 3.05) is 17.2 Å². The van der Waals surface area contributed by atoms with Crippen LogP contribution in [0, 0.1) is 5.92 Å². The predicted octanol–water partition coefficient (Wildman–Crippen LogP) is 3.83. The molecular formula is C14H22BrN3. The number of nitrogens with zero attached hydrogens (tertiary/aromatic N) is 2. The van der Waals surface area contributed by atoms with Crippen LogP contribution in [-0.4, -0.2) is 17.6 Å². The fourth-order valence-corrected chi connectivity index (χ4v) is 3.27. The molecule has 1 aliphatic carbocycles. The van der Waals surface area contributed by atoms with Gasteiger partial charge in [0.15, 0.2) is 0 Å². The van der Waals surface area contributed by atoms with E-state index >= 15 is 0 Å². The fourth-order valence-electron chi connectivity index (χ4n) is 2.67. The molecular weight excluding hydrogens is 290 g/mol. The molecule has 1 aliphatic rings. The molecule has 18 heavy (non-hydrogen) atoms. The van der Waals surface area contributed by atoms with Gasteiger partial charge in [-0.15, -0.1) is 0 Å². The summed E-state index contributed by atoms with van der Waals surface area (Å²) in [6.45, 7) is 5.57. The minimum atomic E-state index is 0.636. The number of hydrogen-bond acceptors (Lipinski definition) is 3. The number of nitrogen functional groups attached to an aromatic ring is 1. The number of anilines is 2. The van der Waals surface area contributed by atoms with Crippen LogP contribution in [-0.2, 0) is 0 Å². The van der Waals surface area contributed by atoms with Crippen LogP contribution in [0.25, 0.3) is 0 Å². The van der Waals surface area contributed by atoms with E-state index in [2.05, 4.69) is 39.7 Å². The van der Waals surface area contributed by atoms with E-state index < -0.39 is 0 Å². The van der Waals surface area contributed by atoms with Crippen molar-refractivity contribution in [2.24, 2.45) is 5.92 Å². The van der Waals surface area contributed by atoms with E-state index in [9.17, 15) is 0 Å². The lowest BCUT2D eigenvalue weighted by Crippen LogP contribution is -2.37. The van der Waals surface area contributed by atoms with Crippen LogP contribution in [0.3, 0.4) is 0 Å². The average Bonchev–Trinajstić information content (AvgIpc) is 2.79. The Labute approximate surface area is 118 Å². The van der Waals surface area contributed by atoms with Crippen molar-refractivity contribution in [3.05, 3.63) is 16.7 Å². The quantitative estimate of drug-likeness (QED) is 0.918. The van der Waals surface area contributed by atoms with Crippen molar-refractivity contribution >= 4 is 27.4 Å². The normalized spacial score (nSPS) is 16.4. The molecule has 0 atom stereocenters. The second-order valence-corrected chi connectivity index (χ2v) is 6.41. The molecule has 0 spiro atoms. The van der Waals surface area contributed by atoms with Gasteiger partial charge in [0.05, 0.1) is 16.4 Å².